The Bertz CT molecular complexity index is 866. The third kappa shape index (κ3) is 2.54. The zero-order valence-corrected chi connectivity index (χ0v) is 15.4. The van der Waals surface area contributed by atoms with Gasteiger partial charge in [-0.3, -0.25) is 9.20 Å². The number of phenolic OH excluding ortho intramolecular Hbond substituents is 1. The van der Waals surface area contributed by atoms with Crippen molar-refractivity contribution < 1.29 is 9.90 Å². The molecule has 0 saturated heterocycles. The number of nitrogens with zero attached hydrogens (tertiary/aromatic N) is 2. The van der Waals surface area contributed by atoms with Gasteiger partial charge in [-0.15, -0.1) is 0 Å². The highest BCUT2D eigenvalue weighted by Crippen LogP contribution is 2.31. The number of aromatic hydroxyl groups is 1. The van der Waals surface area contributed by atoms with Gasteiger partial charge in [-0.25, -0.2) is 4.98 Å². The number of rotatable bonds is 3. The Morgan fingerprint density at radius 3 is 2.86 bits per heavy atom. The number of benzene rings is 1. The van der Waals surface area contributed by atoms with Crippen molar-refractivity contribution in [2.45, 2.75) is 13.3 Å². The number of hydrogen-bond acceptors (Lipinski definition) is 3. The number of phenols is 1. The normalized spacial score (nSPS) is 11.0. The summed E-state index contributed by atoms with van der Waals surface area (Å²) in [6.07, 6.45) is 2.52. The van der Waals surface area contributed by atoms with Gasteiger partial charge in [0.25, 0.3) is 0 Å². The first-order chi connectivity index (χ1) is 10.5. The molecule has 0 fully saturated rings. The van der Waals surface area contributed by atoms with Gasteiger partial charge < -0.3 is 5.11 Å². The smallest absolute Gasteiger partial charge is 0.211 e. The molecule has 0 aliphatic heterocycles. The lowest BCUT2D eigenvalue weighted by atomic mass is 10.1. The van der Waals surface area contributed by atoms with Gasteiger partial charge >= 0.3 is 0 Å². The van der Waals surface area contributed by atoms with E-state index in [0.717, 1.165) is 11.3 Å². The van der Waals surface area contributed by atoms with Gasteiger partial charge in [0.15, 0.2) is 0 Å². The average molecular weight is 471 g/mol. The number of fused-ring (bicyclic) bond motifs is 1. The van der Waals surface area contributed by atoms with Crippen molar-refractivity contribution in [1.29, 1.82) is 0 Å². The molecule has 0 atom stereocenters. The van der Waals surface area contributed by atoms with Crippen LogP contribution in [0, 0.1) is 3.57 Å². The predicted molar refractivity (Wildman–Crippen MR) is 96.5 cm³/mol. The van der Waals surface area contributed by atoms with Crippen LogP contribution in [-0.2, 0) is 6.42 Å². The van der Waals surface area contributed by atoms with E-state index in [1.54, 1.807) is 12.1 Å². The van der Waals surface area contributed by atoms with Crippen molar-refractivity contribution in [2.75, 3.05) is 0 Å². The quantitative estimate of drug-likeness (QED) is 0.461. The van der Waals surface area contributed by atoms with Crippen LogP contribution in [0.25, 0.3) is 5.65 Å². The van der Waals surface area contributed by atoms with Crippen LogP contribution in [0.3, 0.4) is 0 Å². The van der Waals surface area contributed by atoms with Crippen LogP contribution in [0.2, 0.25) is 0 Å². The minimum atomic E-state index is -0.103. The first kappa shape index (κ1) is 15.5. The maximum Gasteiger partial charge on any atom is 0.211 e. The summed E-state index contributed by atoms with van der Waals surface area (Å²) < 4.78 is 2.95. The van der Waals surface area contributed by atoms with Gasteiger partial charge in [0, 0.05) is 11.8 Å². The SMILES string of the molecule is CCc1nc2ccccn2c1C(=O)c1cc(Br)c(O)c(I)c1. The van der Waals surface area contributed by atoms with E-state index in [0.29, 0.717) is 25.7 Å². The van der Waals surface area contributed by atoms with Crippen molar-refractivity contribution in [3.05, 3.63) is 61.5 Å². The Balaban J connectivity index is 2.21. The molecule has 1 aromatic carbocycles. The zero-order valence-electron chi connectivity index (χ0n) is 11.7. The summed E-state index contributed by atoms with van der Waals surface area (Å²) in [7, 11) is 0. The molecule has 112 valence electrons. The zero-order chi connectivity index (χ0) is 15.9. The first-order valence-electron chi connectivity index (χ1n) is 6.71. The number of imidazole rings is 1. The number of ketones is 1. The Labute approximate surface area is 149 Å². The third-order valence-corrected chi connectivity index (χ3v) is 4.86. The Hall–Kier alpha value is -1.41. The van der Waals surface area contributed by atoms with Crippen LogP contribution >= 0.6 is 38.5 Å². The predicted octanol–water partition coefficient (Wildman–Crippen LogP) is 4.20. The lowest BCUT2D eigenvalue weighted by Crippen LogP contribution is -2.08. The lowest BCUT2D eigenvalue weighted by Gasteiger charge is -2.07. The molecule has 2 aromatic heterocycles. The molecule has 3 aromatic rings. The van der Waals surface area contributed by atoms with Crippen molar-refractivity contribution >= 4 is 50.0 Å². The molecule has 22 heavy (non-hydrogen) atoms. The largest absolute Gasteiger partial charge is 0.506 e. The Morgan fingerprint density at radius 1 is 1.41 bits per heavy atom. The monoisotopic (exact) mass is 470 g/mol. The molecule has 6 heteroatoms. The first-order valence-corrected chi connectivity index (χ1v) is 8.58. The average Bonchev–Trinajstić information content (AvgIpc) is 2.89. The second-order valence-corrected chi connectivity index (χ2v) is 6.82. The van der Waals surface area contributed by atoms with E-state index in [4.69, 9.17) is 0 Å². The number of aryl methyl sites for hydroxylation is 1. The molecular formula is C16H12BrIN2O2. The maximum atomic E-state index is 13.0. The molecule has 3 rings (SSSR count). The summed E-state index contributed by atoms with van der Waals surface area (Å²) in [5.41, 5.74) is 2.63. The molecule has 0 unspecified atom stereocenters. The molecule has 0 radical (unpaired) electrons. The van der Waals surface area contributed by atoms with Crippen LogP contribution in [0.5, 0.6) is 5.75 Å². The lowest BCUT2D eigenvalue weighted by molar-refractivity contribution is 0.103. The van der Waals surface area contributed by atoms with Gasteiger partial charge in [-0.05, 0) is 69.2 Å². The van der Waals surface area contributed by atoms with Crippen LogP contribution < -0.4 is 0 Å². The van der Waals surface area contributed by atoms with E-state index in [9.17, 15) is 9.90 Å². The number of pyridine rings is 1. The topological polar surface area (TPSA) is 54.6 Å². The molecular weight excluding hydrogens is 459 g/mol. The highest BCUT2D eigenvalue weighted by molar-refractivity contribution is 14.1. The van der Waals surface area contributed by atoms with Gasteiger partial charge in [-0.2, -0.15) is 0 Å². The number of halogens is 2. The van der Waals surface area contributed by atoms with Crippen molar-refractivity contribution in [1.82, 2.24) is 9.38 Å². The van der Waals surface area contributed by atoms with Gasteiger partial charge in [0.2, 0.25) is 5.78 Å². The van der Waals surface area contributed by atoms with E-state index in [1.165, 1.54) is 0 Å². The summed E-state index contributed by atoms with van der Waals surface area (Å²) in [6.45, 7) is 1.98. The molecule has 2 heterocycles. The second kappa shape index (κ2) is 6.00. The Morgan fingerprint density at radius 2 is 2.18 bits per heavy atom. The van der Waals surface area contributed by atoms with Crippen LogP contribution in [0.1, 0.15) is 28.7 Å². The standard InChI is InChI=1S/C16H12BrIN2O2/c1-2-12-14(20-6-4-3-5-13(20)19-12)15(21)9-7-10(17)16(22)11(18)8-9/h3-8,22H,2H2,1H3. The van der Waals surface area contributed by atoms with Crippen molar-refractivity contribution in [3.8, 4) is 5.75 Å². The molecule has 0 amide bonds. The highest BCUT2D eigenvalue weighted by Gasteiger charge is 2.21. The van der Waals surface area contributed by atoms with E-state index in [1.807, 2.05) is 58.3 Å². The number of hydrogen-bond donors (Lipinski definition) is 1. The molecule has 0 aliphatic rings. The molecule has 0 aliphatic carbocycles. The van der Waals surface area contributed by atoms with E-state index in [-0.39, 0.29) is 11.5 Å². The van der Waals surface area contributed by atoms with Gasteiger partial charge in [0.05, 0.1) is 13.7 Å². The summed E-state index contributed by atoms with van der Waals surface area (Å²) >= 11 is 5.29. The fourth-order valence-corrected chi connectivity index (χ4v) is 3.82. The molecule has 0 saturated carbocycles. The summed E-state index contributed by atoms with van der Waals surface area (Å²) in [5.74, 6) is 0.0418. The second-order valence-electron chi connectivity index (χ2n) is 4.81. The van der Waals surface area contributed by atoms with E-state index >= 15 is 0 Å². The molecule has 4 nitrogen and oxygen atoms in total. The summed E-state index contributed by atoms with van der Waals surface area (Å²) in [5, 5.41) is 9.83. The fraction of sp³-hybridized carbons (Fsp3) is 0.125. The van der Waals surface area contributed by atoms with Crippen molar-refractivity contribution in [3.63, 3.8) is 0 Å². The van der Waals surface area contributed by atoms with Crippen LogP contribution in [-0.4, -0.2) is 20.3 Å². The maximum absolute atomic E-state index is 13.0. The number of aromatic nitrogens is 2. The molecule has 1 N–H and O–H groups in total. The minimum Gasteiger partial charge on any atom is -0.506 e. The van der Waals surface area contributed by atoms with Gasteiger partial charge in [-0.1, -0.05) is 13.0 Å². The molecule has 0 bridgehead atoms. The minimum absolute atomic E-state index is 0.103. The van der Waals surface area contributed by atoms with E-state index in [2.05, 4.69) is 20.9 Å². The van der Waals surface area contributed by atoms with Crippen LogP contribution in [0.15, 0.2) is 41.0 Å². The fourth-order valence-electron chi connectivity index (χ4n) is 2.36. The third-order valence-electron chi connectivity index (χ3n) is 3.43. The summed E-state index contributed by atoms with van der Waals surface area (Å²) in [6, 6.07) is 8.98. The van der Waals surface area contributed by atoms with Crippen molar-refractivity contribution in [2.24, 2.45) is 0 Å². The van der Waals surface area contributed by atoms with Gasteiger partial charge in [0.1, 0.15) is 17.1 Å². The van der Waals surface area contributed by atoms with E-state index < -0.39 is 0 Å². The van der Waals surface area contributed by atoms with Crippen LogP contribution in [0.4, 0.5) is 0 Å². The highest BCUT2D eigenvalue weighted by atomic mass is 127. The molecule has 0 spiro atoms. The number of carbonyl (C=O) groups is 1. The Kier molecular flexibility index (Phi) is 4.22. The number of carbonyl (C=O) groups excluding carboxylic acids is 1. The summed E-state index contributed by atoms with van der Waals surface area (Å²) in [4.78, 5) is 17.5.